The van der Waals surface area contributed by atoms with Crippen LogP contribution in [0.3, 0.4) is 0 Å². The Hall–Kier alpha value is -1.64. The molecule has 0 amide bonds. The molecule has 0 aliphatic carbocycles. The van der Waals surface area contributed by atoms with Crippen LogP contribution in [0.1, 0.15) is 12.5 Å². The summed E-state index contributed by atoms with van der Waals surface area (Å²) >= 11 is 0. The summed E-state index contributed by atoms with van der Waals surface area (Å²) in [6, 6.07) is 5.23. The summed E-state index contributed by atoms with van der Waals surface area (Å²) in [7, 11) is 0. The van der Waals surface area contributed by atoms with Crippen molar-refractivity contribution in [3.63, 3.8) is 0 Å². The first-order chi connectivity index (χ1) is 6.72. The first-order valence-electron chi connectivity index (χ1n) is 4.55. The van der Waals surface area contributed by atoms with Crippen LogP contribution >= 0.6 is 0 Å². The Kier molecular flexibility index (Phi) is 2.08. The van der Waals surface area contributed by atoms with Gasteiger partial charge in [-0.1, -0.05) is 13.0 Å². The first kappa shape index (κ1) is 8.94. The molecule has 0 bridgehead atoms. The molecule has 0 saturated heterocycles. The zero-order valence-corrected chi connectivity index (χ0v) is 7.92. The molecule has 2 N–H and O–H groups in total. The fourth-order valence-corrected chi connectivity index (χ4v) is 1.55. The van der Waals surface area contributed by atoms with Crippen LogP contribution in [-0.2, 0) is 6.42 Å². The SMILES string of the molecule is CCc1cc(F)c2c(N)nccc2c1. The van der Waals surface area contributed by atoms with Crippen LogP contribution in [-0.4, -0.2) is 4.98 Å². The van der Waals surface area contributed by atoms with Crippen molar-refractivity contribution in [1.29, 1.82) is 0 Å². The number of rotatable bonds is 1. The van der Waals surface area contributed by atoms with Crippen LogP contribution in [0.15, 0.2) is 24.4 Å². The summed E-state index contributed by atoms with van der Waals surface area (Å²) in [5, 5.41) is 1.24. The minimum absolute atomic E-state index is 0.252. The first-order valence-corrected chi connectivity index (χ1v) is 4.55. The molecule has 2 aromatic rings. The number of anilines is 1. The van der Waals surface area contributed by atoms with Gasteiger partial charge >= 0.3 is 0 Å². The van der Waals surface area contributed by atoms with Crippen molar-refractivity contribution in [2.75, 3.05) is 5.73 Å². The van der Waals surface area contributed by atoms with Crippen molar-refractivity contribution >= 4 is 16.6 Å². The molecule has 0 atom stereocenters. The summed E-state index contributed by atoms with van der Waals surface area (Å²) < 4.78 is 13.6. The van der Waals surface area contributed by atoms with E-state index in [0.717, 1.165) is 17.4 Å². The normalized spacial score (nSPS) is 10.7. The third kappa shape index (κ3) is 1.31. The molecule has 1 heterocycles. The summed E-state index contributed by atoms with van der Waals surface area (Å²) in [6.07, 6.45) is 2.41. The van der Waals surface area contributed by atoms with Gasteiger partial charge in [-0.15, -0.1) is 0 Å². The monoisotopic (exact) mass is 190 g/mol. The van der Waals surface area contributed by atoms with Gasteiger partial charge in [-0.2, -0.15) is 0 Å². The van der Waals surface area contributed by atoms with Crippen LogP contribution in [0.2, 0.25) is 0 Å². The van der Waals surface area contributed by atoms with Gasteiger partial charge in [0, 0.05) is 6.20 Å². The average molecular weight is 190 g/mol. The minimum atomic E-state index is -0.287. The number of aromatic nitrogens is 1. The van der Waals surface area contributed by atoms with Crippen LogP contribution in [0.4, 0.5) is 10.2 Å². The number of halogens is 1. The van der Waals surface area contributed by atoms with Gasteiger partial charge in [0.05, 0.1) is 5.39 Å². The highest BCUT2D eigenvalue weighted by atomic mass is 19.1. The molecule has 14 heavy (non-hydrogen) atoms. The molecule has 0 spiro atoms. The fraction of sp³-hybridized carbons (Fsp3) is 0.182. The highest BCUT2D eigenvalue weighted by molar-refractivity contribution is 5.91. The third-order valence-electron chi connectivity index (χ3n) is 2.31. The second-order valence-corrected chi connectivity index (χ2v) is 3.23. The van der Waals surface area contributed by atoms with E-state index in [2.05, 4.69) is 4.98 Å². The van der Waals surface area contributed by atoms with Crippen molar-refractivity contribution in [3.8, 4) is 0 Å². The maximum Gasteiger partial charge on any atom is 0.135 e. The number of aryl methyl sites for hydroxylation is 1. The highest BCUT2D eigenvalue weighted by Crippen LogP contribution is 2.23. The standard InChI is InChI=1S/C11H11FN2/c1-2-7-5-8-3-4-14-11(13)10(8)9(12)6-7/h3-6H,2H2,1H3,(H2,13,14). The van der Waals surface area contributed by atoms with Crippen LogP contribution < -0.4 is 5.73 Å². The molecular weight excluding hydrogens is 179 g/mol. The number of pyridine rings is 1. The Bertz CT molecular complexity index is 480. The summed E-state index contributed by atoms with van der Waals surface area (Å²) in [6.45, 7) is 1.99. The Morgan fingerprint density at radius 3 is 2.93 bits per heavy atom. The molecule has 3 heteroatoms. The predicted octanol–water partition coefficient (Wildman–Crippen LogP) is 2.52. The van der Waals surface area contributed by atoms with E-state index in [1.165, 1.54) is 6.07 Å². The average Bonchev–Trinajstić information content (AvgIpc) is 2.17. The van der Waals surface area contributed by atoms with Crippen LogP contribution in [0.5, 0.6) is 0 Å². The van der Waals surface area contributed by atoms with Gasteiger partial charge in [-0.05, 0) is 29.5 Å². The van der Waals surface area contributed by atoms with Crippen molar-refractivity contribution in [2.45, 2.75) is 13.3 Å². The molecule has 0 aliphatic heterocycles. The number of hydrogen-bond donors (Lipinski definition) is 1. The zero-order valence-electron chi connectivity index (χ0n) is 7.92. The molecule has 0 aliphatic rings. The molecule has 1 aromatic carbocycles. The number of nitrogens with zero attached hydrogens (tertiary/aromatic N) is 1. The number of nitrogens with two attached hydrogens (primary N) is 1. The largest absolute Gasteiger partial charge is 0.383 e. The number of nitrogen functional groups attached to an aromatic ring is 1. The quantitative estimate of drug-likeness (QED) is 0.750. The van der Waals surface area contributed by atoms with E-state index in [-0.39, 0.29) is 11.6 Å². The van der Waals surface area contributed by atoms with E-state index in [0.29, 0.717) is 5.39 Å². The van der Waals surface area contributed by atoms with E-state index >= 15 is 0 Å². The van der Waals surface area contributed by atoms with E-state index < -0.39 is 0 Å². The van der Waals surface area contributed by atoms with Crippen LogP contribution in [0, 0.1) is 5.82 Å². The lowest BCUT2D eigenvalue weighted by Gasteiger charge is -2.04. The zero-order chi connectivity index (χ0) is 10.1. The van der Waals surface area contributed by atoms with E-state index in [1.54, 1.807) is 12.3 Å². The van der Waals surface area contributed by atoms with Gasteiger partial charge in [0.2, 0.25) is 0 Å². The molecule has 2 nitrogen and oxygen atoms in total. The lowest BCUT2D eigenvalue weighted by Crippen LogP contribution is -1.94. The van der Waals surface area contributed by atoms with Gasteiger partial charge in [-0.3, -0.25) is 0 Å². The lowest BCUT2D eigenvalue weighted by molar-refractivity contribution is 0.638. The maximum absolute atomic E-state index is 13.6. The Morgan fingerprint density at radius 2 is 2.21 bits per heavy atom. The number of hydrogen-bond acceptors (Lipinski definition) is 2. The molecule has 2 rings (SSSR count). The molecule has 72 valence electrons. The third-order valence-corrected chi connectivity index (χ3v) is 2.31. The van der Waals surface area contributed by atoms with Crippen molar-refractivity contribution in [1.82, 2.24) is 4.98 Å². The highest BCUT2D eigenvalue weighted by Gasteiger charge is 2.06. The van der Waals surface area contributed by atoms with Gasteiger partial charge in [0.1, 0.15) is 11.6 Å². The van der Waals surface area contributed by atoms with Gasteiger partial charge in [-0.25, -0.2) is 9.37 Å². The van der Waals surface area contributed by atoms with E-state index in [4.69, 9.17) is 5.73 Å². The van der Waals surface area contributed by atoms with Crippen molar-refractivity contribution in [2.24, 2.45) is 0 Å². The van der Waals surface area contributed by atoms with E-state index in [1.807, 2.05) is 13.0 Å². The van der Waals surface area contributed by atoms with Gasteiger partial charge in [0.25, 0.3) is 0 Å². The van der Waals surface area contributed by atoms with Crippen molar-refractivity contribution in [3.05, 3.63) is 35.8 Å². The number of fused-ring (bicyclic) bond motifs is 1. The number of benzene rings is 1. The van der Waals surface area contributed by atoms with Gasteiger partial charge in [0.15, 0.2) is 0 Å². The summed E-state index contributed by atoms with van der Waals surface area (Å²) in [5.74, 6) is -0.0346. The molecule has 0 unspecified atom stereocenters. The molecule has 1 aromatic heterocycles. The fourth-order valence-electron chi connectivity index (χ4n) is 1.55. The lowest BCUT2D eigenvalue weighted by atomic mass is 10.1. The Labute approximate surface area is 81.6 Å². The Morgan fingerprint density at radius 1 is 1.43 bits per heavy atom. The van der Waals surface area contributed by atoms with E-state index in [9.17, 15) is 4.39 Å². The second-order valence-electron chi connectivity index (χ2n) is 3.23. The molecule has 0 radical (unpaired) electrons. The molecule has 0 saturated carbocycles. The smallest absolute Gasteiger partial charge is 0.135 e. The molecule has 0 fully saturated rings. The molecular formula is C11H11FN2. The van der Waals surface area contributed by atoms with Crippen LogP contribution in [0.25, 0.3) is 10.8 Å². The summed E-state index contributed by atoms with van der Waals surface area (Å²) in [4.78, 5) is 3.86. The maximum atomic E-state index is 13.6. The predicted molar refractivity (Wildman–Crippen MR) is 55.5 cm³/mol. The topological polar surface area (TPSA) is 38.9 Å². The second kappa shape index (κ2) is 3.25. The minimum Gasteiger partial charge on any atom is -0.383 e. The Balaban J connectivity index is 2.83. The summed E-state index contributed by atoms with van der Waals surface area (Å²) in [5.41, 5.74) is 6.57. The van der Waals surface area contributed by atoms with Gasteiger partial charge < -0.3 is 5.73 Å². The van der Waals surface area contributed by atoms with Crippen molar-refractivity contribution < 1.29 is 4.39 Å².